The molecule has 0 bridgehead atoms. The molecule has 5 nitrogen and oxygen atoms in total. The monoisotopic (exact) mass is 336 g/mol. The number of amides is 1. The highest BCUT2D eigenvalue weighted by Gasteiger charge is 2.36. The van der Waals surface area contributed by atoms with Crippen molar-refractivity contribution < 1.29 is 26.4 Å². The number of benzene rings is 1. The predicted molar refractivity (Wildman–Crippen MR) is 73.8 cm³/mol. The van der Waals surface area contributed by atoms with Gasteiger partial charge in [0.25, 0.3) is 5.91 Å². The van der Waals surface area contributed by atoms with E-state index >= 15 is 0 Å². The molecule has 122 valence electrons. The average molecular weight is 336 g/mol. The Labute approximate surface area is 126 Å². The molecular formula is C13H15F3N2O3S. The van der Waals surface area contributed by atoms with E-state index in [1.54, 1.807) is 0 Å². The molecule has 1 aliphatic rings. The van der Waals surface area contributed by atoms with Gasteiger partial charge in [-0.3, -0.25) is 4.79 Å². The van der Waals surface area contributed by atoms with E-state index in [0.717, 1.165) is 18.4 Å². The normalized spacial score (nSPS) is 17.5. The molecule has 1 heterocycles. The lowest BCUT2D eigenvalue weighted by atomic mass is 10.1. The zero-order valence-electron chi connectivity index (χ0n) is 11.8. The van der Waals surface area contributed by atoms with Crippen molar-refractivity contribution in [1.29, 1.82) is 0 Å². The fourth-order valence-corrected chi connectivity index (χ4v) is 3.14. The molecule has 1 aromatic carbocycles. The van der Waals surface area contributed by atoms with Gasteiger partial charge in [0, 0.05) is 26.2 Å². The molecule has 22 heavy (non-hydrogen) atoms. The largest absolute Gasteiger partial charge is 0.417 e. The number of hydrogen-bond donors (Lipinski definition) is 0. The van der Waals surface area contributed by atoms with Crippen molar-refractivity contribution in [2.75, 3.05) is 32.4 Å². The summed E-state index contributed by atoms with van der Waals surface area (Å²) in [5.74, 6) is -0.735. The number of hydrogen-bond acceptors (Lipinski definition) is 3. The molecule has 0 unspecified atom stereocenters. The first-order valence-corrected chi connectivity index (χ1v) is 8.36. The smallest absolute Gasteiger partial charge is 0.336 e. The van der Waals surface area contributed by atoms with Crippen molar-refractivity contribution in [2.45, 2.75) is 6.18 Å². The third-order valence-electron chi connectivity index (χ3n) is 3.46. The maximum atomic E-state index is 12.9. The van der Waals surface area contributed by atoms with E-state index < -0.39 is 33.2 Å². The Kier molecular flexibility index (Phi) is 4.48. The number of carbonyl (C=O) groups is 1. The highest BCUT2D eigenvalue weighted by Crippen LogP contribution is 2.32. The zero-order valence-corrected chi connectivity index (χ0v) is 12.6. The molecule has 1 saturated heterocycles. The highest BCUT2D eigenvalue weighted by molar-refractivity contribution is 7.88. The number of piperazine rings is 1. The minimum absolute atomic E-state index is 0.0676. The van der Waals surface area contributed by atoms with Gasteiger partial charge in [-0.25, -0.2) is 8.42 Å². The molecule has 0 spiro atoms. The number of sulfonamides is 1. The van der Waals surface area contributed by atoms with E-state index in [1.807, 2.05) is 0 Å². The molecule has 0 aromatic heterocycles. The van der Waals surface area contributed by atoms with Crippen LogP contribution in [0.15, 0.2) is 24.3 Å². The van der Waals surface area contributed by atoms with Crippen molar-refractivity contribution in [3.05, 3.63) is 35.4 Å². The van der Waals surface area contributed by atoms with Crippen molar-refractivity contribution in [1.82, 2.24) is 9.21 Å². The van der Waals surface area contributed by atoms with Crippen LogP contribution in [0.2, 0.25) is 0 Å². The maximum Gasteiger partial charge on any atom is 0.417 e. The van der Waals surface area contributed by atoms with Crippen LogP contribution in [0.1, 0.15) is 15.9 Å². The van der Waals surface area contributed by atoms with Crippen LogP contribution >= 0.6 is 0 Å². The first kappa shape index (κ1) is 16.8. The predicted octanol–water partition coefficient (Wildman–Crippen LogP) is 1.42. The van der Waals surface area contributed by atoms with E-state index in [9.17, 15) is 26.4 Å². The van der Waals surface area contributed by atoms with Crippen LogP contribution in [0, 0.1) is 0 Å². The number of carbonyl (C=O) groups excluding carboxylic acids is 1. The summed E-state index contributed by atoms with van der Waals surface area (Å²) in [6.45, 7) is 0.299. The van der Waals surface area contributed by atoms with Gasteiger partial charge in [-0.15, -0.1) is 0 Å². The second-order valence-electron chi connectivity index (χ2n) is 5.00. The fourth-order valence-electron chi connectivity index (χ4n) is 2.31. The lowest BCUT2D eigenvalue weighted by Crippen LogP contribution is -2.50. The van der Waals surface area contributed by atoms with Gasteiger partial charge in [-0.2, -0.15) is 17.5 Å². The van der Waals surface area contributed by atoms with Crippen molar-refractivity contribution in [2.24, 2.45) is 0 Å². The maximum absolute atomic E-state index is 12.9. The first-order chi connectivity index (χ1) is 10.1. The van der Waals surface area contributed by atoms with Crippen LogP contribution in [0.5, 0.6) is 0 Å². The summed E-state index contributed by atoms with van der Waals surface area (Å²) >= 11 is 0. The second-order valence-corrected chi connectivity index (χ2v) is 6.98. The van der Waals surface area contributed by atoms with E-state index in [1.165, 1.54) is 21.3 Å². The molecule has 0 radical (unpaired) electrons. The Hall–Kier alpha value is -1.61. The van der Waals surface area contributed by atoms with Crippen LogP contribution in [-0.2, 0) is 16.2 Å². The average Bonchev–Trinajstić information content (AvgIpc) is 2.45. The molecule has 0 atom stereocenters. The summed E-state index contributed by atoms with van der Waals surface area (Å²) in [5.41, 5.74) is -1.40. The lowest BCUT2D eigenvalue weighted by Gasteiger charge is -2.33. The van der Waals surface area contributed by atoms with Gasteiger partial charge >= 0.3 is 6.18 Å². The Bertz CT molecular complexity index is 665. The zero-order chi connectivity index (χ0) is 16.5. The van der Waals surface area contributed by atoms with Crippen LogP contribution in [0.4, 0.5) is 13.2 Å². The van der Waals surface area contributed by atoms with E-state index in [2.05, 4.69) is 0 Å². The minimum atomic E-state index is -4.61. The fraction of sp³-hybridized carbons (Fsp3) is 0.462. The number of nitrogens with zero attached hydrogens (tertiary/aromatic N) is 2. The Morgan fingerprint density at radius 1 is 1.09 bits per heavy atom. The second kappa shape index (κ2) is 5.88. The third-order valence-corrected chi connectivity index (χ3v) is 4.76. The molecule has 0 N–H and O–H groups in total. The molecule has 0 aliphatic carbocycles. The Morgan fingerprint density at radius 2 is 1.64 bits per heavy atom. The van der Waals surface area contributed by atoms with Crippen LogP contribution in [0.3, 0.4) is 0 Å². The molecule has 9 heteroatoms. The van der Waals surface area contributed by atoms with Gasteiger partial charge in [0.2, 0.25) is 10.0 Å². The molecule has 1 aliphatic heterocycles. The molecule has 1 aromatic rings. The molecule has 1 amide bonds. The summed E-state index contributed by atoms with van der Waals surface area (Å²) in [4.78, 5) is 13.5. The van der Waals surface area contributed by atoms with Crippen molar-refractivity contribution >= 4 is 15.9 Å². The van der Waals surface area contributed by atoms with E-state index in [-0.39, 0.29) is 26.2 Å². The first-order valence-electron chi connectivity index (χ1n) is 6.51. The van der Waals surface area contributed by atoms with E-state index in [4.69, 9.17) is 0 Å². The number of halogens is 3. The Morgan fingerprint density at radius 3 is 2.14 bits per heavy atom. The van der Waals surface area contributed by atoms with Gasteiger partial charge in [0.1, 0.15) is 0 Å². The summed E-state index contributed by atoms with van der Waals surface area (Å²) in [7, 11) is -3.36. The summed E-state index contributed by atoms with van der Waals surface area (Å²) in [6.07, 6.45) is -3.55. The number of rotatable bonds is 2. The molecular weight excluding hydrogens is 321 g/mol. The Balaban J connectivity index is 2.18. The highest BCUT2D eigenvalue weighted by atomic mass is 32.2. The lowest BCUT2D eigenvalue weighted by molar-refractivity contribution is -0.138. The van der Waals surface area contributed by atoms with Gasteiger partial charge in [0.15, 0.2) is 0 Å². The van der Waals surface area contributed by atoms with Crippen molar-refractivity contribution in [3.63, 3.8) is 0 Å². The van der Waals surface area contributed by atoms with Gasteiger partial charge in [-0.1, -0.05) is 12.1 Å². The summed E-state index contributed by atoms with van der Waals surface area (Å²) < 4.78 is 62.8. The van der Waals surface area contributed by atoms with Gasteiger partial charge < -0.3 is 4.90 Å². The quantitative estimate of drug-likeness (QED) is 0.821. The van der Waals surface area contributed by atoms with Crippen LogP contribution < -0.4 is 0 Å². The minimum Gasteiger partial charge on any atom is -0.336 e. The van der Waals surface area contributed by atoms with E-state index in [0.29, 0.717) is 0 Å². The molecule has 0 saturated carbocycles. The SMILES string of the molecule is CS(=O)(=O)N1CCN(C(=O)c2ccccc2C(F)(F)F)CC1. The van der Waals surface area contributed by atoms with Crippen LogP contribution in [-0.4, -0.2) is 56.0 Å². The van der Waals surface area contributed by atoms with Gasteiger partial charge in [-0.05, 0) is 12.1 Å². The summed E-state index contributed by atoms with van der Waals surface area (Å²) in [5, 5.41) is 0. The molecule has 2 rings (SSSR count). The topological polar surface area (TPSA) is 57.7 Å². The standard InChI is InChI=1S/C13H15F3N2O3S/c1-22(20,21)18-8-6-17(7-9-18)12(19)10-4-2-3-5-11(10)13(14,15)16/h2-5H,6-9H2,1H3. The van der Waals surface area contributed by atoms with Crippen LogP contribution in [0.25, 0.3) is 0 Å². The van der Waals surface area contributed by atoms with Gasteiger partial charge in [0.05, 0.1) is 17.4 Å². The molecule has 1 fully saturated rings. The number of alkyl halides is 3. The summed E-state index contributed by atoms with van der Waals surface area (Å²) in [6, 6.07) is 4.59. The van der Waals surface area contributed by atoms with Crippen molar-refractivity contribution in [3.8, 4) is 0 Å². The third kappa shape index (κ3) is 3.58.